The largest absolute Gasteiger partial charge is 0.459 e. The van der Waals surface area contributed by atoms with Gasteiger partial charge in [-0.25, -0.2) is 0 Å². The van der Waals surface area contributed by atoms with Crippen molar-refractivity contribution in [3.05, 3.63) is 95.0 Å². The van der Waals surface area contributed by atoms with Gasteiger partial charge in [0.15, 0.2) is 16.6 Å². The molecule has 4 aromatic rings. The zero-order valence-electron chi connectivity index (χ0n) is 18.2. The normalized spacial score (nSPS) is 18.9. The maximum Gasteiger partial charge on any atom is 0.231 e. The highest BCUT2D eigenvalue weighted by Crippen LogP contribution is 2.45. The summed E-state index contributed by atoms with van der Waals surface area (Å²) in [4.78, 5) is 6.64. The second kappa shape index (κ2) is 8.34. The van der Waals surface area contributed by atoms with Gasteiger partial charge < -0.3 is 24.1 Å². The van der Waals surface area contributed by atoms with Gasteiger partial charge in [-0.2, -0.15) is 0 Å². The number of benzene rings is 2. The number of thiocarbonyl (C=S) groups is 1. The number of rotatable bonds is 4. The smallest absolute Gasteiger partial charge is 0.231 e. The lowest BCUT2D eigenvalue weighted by atomic mass is 10.0. The Morgan fingerprint density at radius 2 is 1.91 bits per heavy atom. The predicted octanol–water partition coefficient (Wildman–Crippen LogP) is 6.21. The first-order valence-electron chi connectivity index (χ1n) is 10.9. The van der Waals surface area contributed by atoms with E-state index in [-0.39, 0.29) is 18.9 Å². The van der Waals surface area contributed by atoms with Crippen LogP contribution in [0.3, 0.4) is 0 Å². The van der Waals surface area contributed by atoms with E-state index in [4.69, 9.17) is 37.7 Å². The minimum absolute atomic E-state index is 0.210. The van der Waals surface area contributed by atoms with Crippen LogP contribution in [0.2, 0.25) is 5.02 Å². The Bertz CT molecular complexity index is 1390. The molecule has 6 rings (SSSR count). The lowest BCUT2D eigenvalue weighted by Gasteiger charge is -2.26. The molecule has 0 bridgehead atoms. The number of hydrogen-bond donors (Lipinski definition) is 1. The molecule has 4 heterocycles. The summed E-state index contributed by atoms with van der Waals surface area (Å²) in [6.45, 7) is 2.20. The van der Waals surface area contributed by atoms with Crippen molar-refractivity contribution in [3.63, 3.8) is 0 Å². The number of hydrogen-bond acceptors (Lipinski definition) is 5. The number of furan rings is 1. The van der Waals surface area contributed by atoms with Crippen molar-refractivity contribution in [2.75, 3.05) is 11.7 Å². The highest BCUT2D eigenvalue weighted by Gasteiger charge is 2.43. The monoisotopic (exact) mass is 489 g/mol. The Hall–Kier alpha value is -3.55. The lowest BCUT2D eigenvalue weighted by molar-refractivity contribution is 0.174. The molecule has 170 valence electrons. The maximum atomic E-state index is 6.45. The molecule has 0 spiro atoms. The average Bonchev–Trinajstić information content (AvgIpc) is 3.59. The summed E-state index contributed by atoms with van der Waals surface area (Å²) in [6, 6.07) is 21.0. The molecule has 8 heteroatoms. The van der Waals surface area contributed by atoms with E-state index >= 15 is 0 Å². The molecule has 2 aliphatic rings. The van der Waals surface area contributed by atoms with Crippen LogP contribution in [0.5, 0.6) is 11.5 Å². The highest BCUT2D eigenvalue weighted by atomic mass is 35.5. The van der Waals surface area contributed by atoms with Gasteiger partial charge in [-0.15, -0.1) is 0 Å². The molecule has 1 saturated heterocycles. The molecule has 0 unspecified atom stereocenters. The van der Waals surface area contributed by atoms with Gasteiger partial charge >= 0.3 is 0 Å². The summed E-state index contributed by atoms with van der Waals surface area (Å²) >= 11 is 12.2. The minimum atomic E-state index is -0.268. The Balaban J connectivity index is 1.46. The lowest BCUT2D eigenvalue weighted by Crippen LogP contribution is -2.29. The standard InChI is InChI=1S/C26H20ClN3O3S/c1-15-17(5-4-6-18(15)27)20-10-11-22(33-20)25-24(19-7-2-3-12-28-19)29-26(34)30(25)16-8-9-21-23(13-16)32-14-31-21/h2-13,24-25H,14H2,1H3,(H,29,34)/t24-,25-/m1/s1. The van der Waals surface area contributed by atoms with Crippen LogP contribution in [0.15, 0.2) is 77.3 Å². The minimum Gasteiger partial charge on any atom is -0.459 e. The van der Waals surface area contributed by atoms with E-state index in [0.29, 0.717) is 15.9 Å². The van der Waals surface area contributed by atoms with Crippen LogP contribution >= 0.6 is 23.8 Å². The van der Waals surface area contributed by atoms with Gasteiger partial charge in [-0.3, -0.25) is 4.98 Å². The third kappa shape index (κ3) is 3.48. The zero-order chi connectivity index (χ0) is 23.2. The van der Waals surface area contributed by atoms with E-state index in [1.165, 1.54) is 0 Å². The SMILES string of the molecule is Cc1c(Cl)cccc1-c1ccc([C@@H]2[C@@H](c3ccccn3)NC(=S)N2c2ccc3c(c2)OCO3)o1. The maximum absolute atomic E-state index is 6.45. The Morgan fingerprint density at radius 1 is 1.03 bits per heavy atom. The van der Waals surface area contributed by atoms with Gasteiger partial charge in [0.1, 0.15) is 17.6 Å². The number of nitrogens with one attached hydrogen (secondary N) is 1. The van der Waals surface area contributed by atoms with E-state index in [1.807, 2.05) is 78.6 Å². The number of nitrogens with zero attached hydrogens (tertiary/aromatic N) is 2. The molecule has 0 aliphatic carbocycles. The van der Waals surface area contributed by atoms with Crippen molar-refractivity contribution in [1.29, 1.82) is 0 Å². The van der Waals surface area contributed by atoms with Crippen LogP contribution in [0.1, 0.15) is 29.1 Å². The molecule has 2 aliphatic heterocycles. The first-order chi connectivity index (χ1) is 16.6. The fraction of sp³-hybridized carbons (Fsp3) is 0.154. The summed E-state index contributed by atoms with van der Waals surface area (Å²) in [7, 11) is 0. The summed E-state index contributed by atoms with van der Waals surface area (Å²) in [6.07, 6.45) is 1.78. The van der Waals surface area contributed by atoms with E-state index < -0.39 is 0 Å². The Labute approximate surface area is 207 Å². The van der Waals surface area contributed by atoms with E-state index in [1.54, 1.807) is 6.20 Å². The number of halogens is 1. The van der Waals surface area contributed by atoms with Crippen molar-refractivity contribution in [2.24, 2.45) is 0 Å². The van der Waals surface area contributed by atoms with Crippen molar-refractivity contribution >= 4 is 34.6 Å². The molecule has 0 amide bonds. The molecular weight excluding hydrogens is 470 g/mol. The van der Waals surface area contributed by atoms with Crippen LogP contribution in [0.4, 0.5) is 5.69 Å². The molecule has 0 radical (unpaired) electrons. The predicted molar refractivity (Wildman–Crippen MR) is 134 cm³/mol. The third-order valence-corrected chi connectivity index (χ3v) is 6.91. The third-order valence-electron chi connectivity index (χ3n) is 6.18. The fourth-order valence-corrected chi connectivity index (χ4v) is 5.01. The highest BCUT2D eigenvalue weighted by molar-refractivity contribution is 7.80. The van der Waals surface area contributed by atoms with E-state index in [0.717, 1.165) is 39.8 Å². The van der Waals surface area contributed by atoms with Crippen molar-refractivity contribution in [1.82, 2.24) is 10.3 Å². The fourth-order valence-electron chi connectivity index (χ4n) is 4.49. The van der Waals surface area contributed by atoms with E-state index in [9.17, 15) is 0 Å². The van der Waals surface area contributed by atoms with Crippen LogP contribution < -0.4 is 19.7 Å². The quantitative estimate of drug-likeness (QED) is 0.342. The van der Waals surface area contributed by atoms with Gasteiger partial charge in [0.2, 0.25) is 6.79 Å². The molecule has 0 saturated carbocycles. The molecular formula is C26H20ClN3O3S. The van der Waals surface area contributed by atoms with Crippen LogP contribution in [-0.4, -0.2) is 16.9 Å². The number of anilines is 1. The van der Waals surface area contributed by atoms with Crippen molar-refractivity contribution in [3.8, 4) is 22.8 Å². The van der Waals surface area contributed by atoms with Crippen LogP contribution in [-0.2, 0) is 0 Å². The van der Waals surface area contributed by atoms with E-state index in [2.05, 4.69) is 10.3 Å². The second-order valence-electron chi connectivity index (χ2n) is 8.15. The van der Waals surface area contributed by atoms with Crippen LogP contribution in [0, 0.1) is 6.92 Å². The second-order valence-corrected chi connectivity index (χ2v) is 8.94. The van der Waals surface area contributed by atoms with Crippen molar-refractivity contribution in [2.45, 2.75) is 19.0 Å². The number of ether oxygens (including phenoxy) is 2. The van der Waals surface area contributed by atoms with Gasteiger partial charge in [0.05, 0.1) is 11.7 Å². The Morgan fingerprint density at radius 3 is 2.76 bits per heavy atom. The number of pyridine rings is 1. The van der Waals surface area contributed by atoms with Crippen molar-refractivity contribution < 1.29 is 13.9 Å². The molecule has 2 aromatic heterocycles. The zero-order valence-corrected chi connectivity index (χ0v) is 19.8. The summed E-state index contributed by atoms with van der Waals surface area (Å²) in [5.74, 6) is 2.92. The average molecular weight is 490 g/mol. The first-order valence-corrected chi connectivity index (χ1v) is 11.6. The van der Waals surface area contributed by atoms with Crippen LogP contribution in [0.25, 0.3) is 11.3 Å². The summed E-state index contributed by atoms with van der Waals surface area (Å²) < 4.78 is 17.6. The Kier molecular flexibility index (Phi) is 5.16. The summed E-state index contributed by atoms with van der Waals surface area (Å²) in [5.41, 5.74) is 3.67. The number of fused-ring (bicyclic) bond motifs is 1. The molecule has 34 heavy (non-hydrogen) atoms. The molecule has 1 fully saturated rings. The molecule has 2 atom stereocenters. The topological polar surface area (TPSA) is 59.8 Å². The van der Waals surface area contributed by atoms with Gasteiger partial charge in [0.25, 0.3) is 0 Å². The van der Waals surface area contributed by atoms with Gasteiger partial charge in [0, 0.05) is 28.5 Å². The molecule has 6 nitrogen and oxygen atoms in total. The number of aromatic nitrogens is 1. The van der Waals surface area contributed by atoms with Gasteiger partial charge in [-0.1, -0.05) is 29.8 Å². The van der Waals surface area contributed by atoms with Gasteiger partial charge in [-0.05, 0) is 67.2 Å². The molecule has 1 N–H and O–H groups in total. The molecule has 2 aromatic carbocycles. The first kappa shape index (κ1) is 21.0. The summed E-state index contributed by atoms with van der Waals surface area (Å²) in [5, 5.41) is 4.73.